The smallest absolute Gasteiger partial charge is 0.336 e. The predicted molar refractivity (Wildman–Crippen MR) is 116 cm³/mol. The Labute approximate surface area is 177 Å². The second kappa shape index (κ2) is 8.20. The number of hydrogen-bond acceptors (Lipinski definition) is 6. The molecule has 3 heterocycles. The summed E-state index contributed by atoms with van der Waals surface area (Å²) in [6.07, 6.45) is 2.55. The van der Waals surface area contributed by atoms with Crippen molar-refractivity contribution in [3.8, 4) is 11.7 Å². The first kappa shape index (κ1) is 19.3. The maximum Gasteiger partial charge on any atom is 0.336 e. The number of furan rings is 1. The number of nitrogens with one attached hydrogen (secondary N) is 1. The molecule has 3 aromatic heterocycles. The van der Waals surface area contributed by atoms with Gasteiger partial charge < -0.3 is 18.2 Å². The molecule has 31 heavy (non-hydrogen) atoms. The summed E-state index contributed by atoms with van der Waals surface area (Å²) in [5.41, 5.74) is 1.22. The van der Waals surface area contributed by atoms with Gasteiger partial charge in [-0.2, -0.15) is 0 Å². The molecule has 5 aromatic rings. The quantitative estimate of drug-likeness (QED) is 0.322. The van der Waals surface area contributed by atoms with Crippen LogP contribution in [0, 0.1) is 0 Å². The Morgan fingerprint density at radius 2 is 1.87 bits per heavy atom. The highest BCUT2D eigenvalue weighted by molar-refractivity contribution is 6.06. The molecule has 1 atom stereocenters. The topological polar surface area (TPSA) is 86.7 Å². The van der Waals surface area contributed by atoms with E-state index in [2.05, 4.69) is 29.3 Å². The molecule has 7 nitrogen and oxygen atoms in total. The molecule has 0 radical (unpaired) electrons. The molecular weight excluding hydrogens is 394 g/mol. The molecule has 0 aliphatic rings. The first-order valence-electron chi connectivity index (χ1n) is 10.4. The Bertz CT molecular complexity index is 1390. The molecule has 5 rings (SSSR count). The van der Waals surface area contributed by atoms with E-state index in [1.807, 2.05) is 24.3 Å². The van der Waals surface area contributed by atoms with Crippen molar-refractivity contribution in [2.45, 2.75) is 26.4 Å². The third kappa shape index (κ3) is 3.87. The zero-order valence-corrected chi connectivity index (χ0v) is 17.1. The Morgan fingerprint density at radius 1 is 0.968 bits per heavy atom. The third-order valence-corrected chi connectivity index (χ3v) is 5.36. The average molecular weight is 416 g/mol. The second-order valence-electron chi connectivity index (χ2n) is 7.58. The van der Waals surface area contributed by atoms with Gasteiger partial charge in [0.15, 0.2) is 12.3 Å². The van der Waals surface area contributed by atoms with Crippen molar-refractivity contribution >= 4 is 21.7 Å². The van der Waals surface area contributed by atoms with Gasteiger partial charge in [0.2, 0.25) is 0 Å². The van der Waals surface area contributed by atoms with E-state index in [1.54, 1.807) is 24.5 Å². The van der Waals surface area contributed by atoms with Gasteiger partial charge >= 0.3 is 5.63 Å². The summed E-state index contributed by atoms with van der Waals surface area (Å²) in [6.45, 7) is 4.22. The van der Waals surface area contributed by atoms with Gasteiger partial charge in [-0.3, -0.25) is 0 Å². The molecule has 156 valence electrons. The lowest BCUT2D eigenvalue weighted by Crippen LogP contribution is -3.09. The summed E-state index contributed by atoms with van der Waals surface area (Å²) in [7, 11) is 0. The molecule has 0 aliphatic heterocycles. The molecule has 0 saturated carbocycles. The fourth-order valence-electron chi connectivity index (χ4n) is 4.06. The maximum atomic E-state index is 12.2. The monoisotopic (exact) mass is 416 g/mol. The SMILES string of the molecule is CCC[NH+](Cc1nnc(-c2ccco2)o1)Cc1cc(=O)oc2ccc3ccccc3c12. The Kier molecular flexibility index (Phi) is 5.09. The summed E-state index contributed by atoms with van der Waals surface area (Å²) in [5.74, 6) is 1.45. The average Bonchev–Trinajstić information content (AvgIpc) is 3.45. The van der Waals surface area contributed by atoms with Crippen LogP contribution in [0.5, 0.6) is 0 Å². The lowest BCUT2D eigenvalue weighted by Gasteiger charge is -2.18. The van der Waals surface area contributed by atoms with E-state index in [9.17, 15) is 4.79 Å². The number of benzene rings is 2. The van der Waals surface area contributed by atoms with Crippen molar-refractivity contribution in [1.29, 1.82) is 0 Å². The summed E-state index contributed by atoms with van der Waals surface area (Å²) >= 11 is 0. The van der Waals surface area contributed by atoms with E-state index in [0.29, 0.717) is 36.2 Å². The standard InChI is InChI=1S/C24H21N3O4/c1-2-11-27(15-21-25-26-24(31-21)20-8-5-12-29-20)14-17-13-22(28)30-19-10-9-16-6-3-4-7-18(16)23(17)19/h3-10,12-13H,2,11,14-15H2,1H3/p+1. The Morgan fingerprint density at radius 3 is 2.71 bits per heavy atom. The number of aromatic nitrogens is 2. The van der Waals surface area contributed by atoms with E-state index in [1.165, 1.54) is 4.90 Å². The van der Waals surface area contributed by atoms with Gasteiger partial charge in [0.25, 0.3) is 11.8 Å². The minimum absolute atomic E-state index is 0.341. The Hall–Kier alpha value is -3.71. The molecule has 0 spiro atoms. The van der Waals surface area contributed by atoms with Gasteiger partial charge in [0.1, 0.15) is 12.1 Å². The minimum Gasteiger partial charge on any atom is -0.459 e. The predicted octanol–water partition coefficient (Wildman–Crippen LogP) is 3.58. The number of nitrogens with zero attached hydrogens (tertiary/aromatic N) is 2. The molecule has 1 unspecified atom stereocenters. The van der Waals surface area contributed by atoms with Crippen LogP contribution in [-0.4, -0.2) is 16.7 Å². The van der Waals surface area contributed by atoms with Gasteiger partial charge in [-0.25, -0.2) is 4.79 Å². The van der Waals surface area contributed by atoms with Crippen LogP contribution < -0.4 is 10.5 Å². The highest BCUT2D eigenvalue weighted by atomic mass is 16.4. The first-order valence-corrected chi connectivity index (χ1v) is 10.4. The minimum atomic E-state index is -0.341. The van der Waals surface area contributed by atoms with E-state index < -0.39 is 0 Å². The highest BCUT2D eigenvalue weighted by Crippen LogP contribution is 2.27. The first-order chi connectivity index (χ1) is 15.2. The second-order valence-corrected chi connectivity index (χ2v) is 7.58. The van der Waals surface area contributed by atoms with Crippen LogP contribution in [0.4, 0.5) is 0 Å². The molecule has 2 aromatic carbocycles. The van der Waals surface area contributed by atoms with Crippen LogP contribution in [0.3, 0.4) is 0 Å². The largest absolute Gasteiger partial charge is 0.459 e. The molecule has 1 N–H and O–H groups in total. The van der Waals surface area contributed by atoms with E-state index in [-0.39, 0.29) is 5.63 Å². The molecule has 0 bridgehead atoms. The van der Waals surface area contributed by atoms with Crippen molar-refractivity contribution in [3.63, 3.8) is 0 Å². The van der Waals surface area contributed by atoms with Crippen molar-refractivity contribution in [2.24, 2.45) is 0 Å². The normalized spacial score (nSPS) is 12.5. The highest BCUT2D eigenvalue weighted by Gasteiger charge is 2.19. The number of hydrogen-bond donors (Lipinski definition) is 1. The van der Waals surface area contributed by atoms with Crippen molar-refractivity contribution in [2.75, 3.05) is 6.54 Å². The van der Waals surface area contributed by atoms with Crippen molar-refractivity contribution in [1.82, 2.24) is 10.2 Å². The molecule has 0 saturated heterocycles. The molecule has 0 fully saturated rings. The Balaban J connectivity index is 1.50. The fraction of sp³-hybridized carbons (Fsp3) is 0.208. The summed E-state index contributed by atoms with van der Waals surface area (Å²) < 4.78 is 16.6. The van der Waals surface area contributed by atoms with Gasteiger partial charge in [0, 0.05) is 17.0 Å². The zero-order valence-electron chi connectivity index (χ0n) is 17.1. The van der Waals surface area contributed by atoms with Crippen LogP contribution in [0.1, 0.15) is 24.8 Å². The van der Waals surface area contributed by atoms with Gasteiger partial charge in [-0.1, -0.05) is 37.3 Å². The summed E-state index contributed by atoms with van der Waals surface area (Å²) in [5, 5.41) is 11.5. The van der Waals surface area contributed by atoms with E-state index in [0.717, 1.165) is 34.7 Å². The van der Waals surface area contributed by atoms with Gasteiger partial charge in [-0.05, 0) is 35.4 Å². The summed E-state index contributed by atoms with van der Waals surface area (Å²) in [4.78, 5) is 13.5. The van der Waals surface area contributed by atoms with Crippen LogP contribution in [-0.2, 0) is 13.1 Å². The zero-order chi connectivity index (χ0) is 21.2. The van der Waals surface area contributed by atoms with Crippen LogP contribution in [0.25, 0.3) is 33.4 Å². The number of quaternary nitrogens is 1. The van der Waals surface area contributed by atoms with Crippen LogP contribution >= 0.6 is 0 Å². The fourth-order valence-corrected chi connectivity index (χ4v) is 4.06. The summed E-state index contributed by atoms with van der Waals surface area (Å²) in [6, 6.07) is 17.2. The van der Waals surface area contributed by atoms with E-state index in [4.69, 9.17) is 13.3 Å². The molecule has 0 amide bonds. The van der Waals surface area contributed by atoms with Gasteiger partial charge in [0.05, 0.1) is 12.8 Å². The number of fused-ring (bicyclic) bond motifs is 3. The van der Waals surface area contributed by atoms with Crippen LogP contribution in [0.15, 0.2) is 78.9 Å². The van der Waals surface area contributed by atoms with Gasteiger partial charge in [-0.15, -0.1) is 10.2 Å². The molecular formula is C24H22N3O4+. The lowest BCUT2D eigenvalue weighted by atomic mass is 10.0. The lowest BCUT2D eigenvalue weighted by molar-refractivity contribution is -0.928. The number of rotatable bonds is 7. The van der Waals surface area contributed by atoms with Crippen molar-refractivity contribution in [3.05, 3.63) is 82.7 Å². The maximum absolute atomic E-state index is 12.2. The van der Waals surface area contributed by atoms with Crippen molar-refractivity contribution < 1.29 is 18.2 Å². The third-order valence-electron chi connectivity index (χ3n) is 5.36. The van der Waals surface area contributed by atoms with Crippen LogP contribution in [0.2, 0.25) is 0 Å². The molecule has 7 heteroatoms. The molecule has 0 aliphatic carbocycles. The van der Waals surface area contributed by atoms with E-state index >= 15 is 0 Å².